The zero-order valence-electron chi connectivity index (χ0n) is 16.3. The zero-order chi connectivity index (χ0) is 18.6. The molecule has 1 aliphatic rings. The Bertz CT molecular complexity index is 752. The van der Waals surface area contributed by atoms with Crippen LogP contribution in [0.3, 0.4) is 0 Å². The monoisotopic (exact) mass is 483 g/mol. The van der Waals surface area contributed by atoms with Crippen molar-refractivity contribution in [3.63, 3.8) is 0 Å². The van der Waals surface area contributed by atoms with Gasteiger partial charge in [0.05, 0.1) is 6.54 Å². The van der Waals surface area contributed by atoms with Crippen LogP contribution >= 0.6 is 24.0 Å². The van der Waals surface area contributed by atoms with E-state index in [-0.39, 0.29) is 35.9 Å². The summed E-state index contributed by atoms with van der Waals surface area (Å²) in [5.41, 5.74) is 0.451. The van der Waals surface area contributed by atoms with Gasteiger partial charge >= 0.3 is 0 Å². The van der Waals surface area contributed by atoms with Gasteiger partial charge in [0.25, 0.3) is 0 Å². The number of hydrogen-bond donors (Lipinski definition) is 3. The molecule has 27 heavy (non-hydrogen) atoms. The van der Waals surface area contributed by atoms with Crippen molar-refractivity contribution in [2.24, 2.45) is 4.99 Å². The molecule has 6 heteroatoms. The Hall–Kier alpha value is -1.54. The van der Waals surface area contributed by atoms with Gasteiger partial charge in [-0.25, -0.2) is 4.99 Å². The number of halogens is 1. The van der Waals surface area contributed by atoms with Gasteiger partial charge in [0.1, 0.15) is 17.1 Å². The van der Waals surface area contributed by atoms with Crippen molar-refractivity contribution < 1.29 is 9.52 Å². The predicted molar refractivity (Wildman–Crippen MR) is 120 cm³/mol. The number of aliphatic hydroxyl groups is 1. The molecule has 1 atom stereocenters. The van der Waals surface area contributed by atoms with Gasteiger partial charge in [-0.2, -0.15) is 0 Å². The molecule has 1 aliphatic carbocycles. The molecule has 0 amide bonds. The molecule has 0 radical (unpaired) electrons. The maximum atomic E-state index is 10.7. The maximum Gasteiger partial charge on any atom is 0.191 e. The van der Waals surface area contributed by atoms with E-state index in [2.05, 4.69) is 46.0 Å². The summed E-state index contributed by atoms with van der Waals surface area (Å²) in [4.78, 5) is 4.58. The van der Waals surface area contributed by atoms with Crippen molar-refractivity contribution in [1.29, 1.82) is 0 Å². The van der Waals surface area contributed by atoms with Crippen molar-refractivity contribution in [3.8, 4) is 0 Å². The van der Waals surface area contributed by atoms with Gasteiger partial charge in [-0.1, -0.05) is 30.3 Å². The van der Waals surface area contributed by atoms with Crippen LogP contribution in [0.2, 0.25) is 0 Å². The largest absolute Gasteiger partial charge is 0.463 e. The summed E-state index contributed by atoms with van der Waals surface area (Å²) >= 11 is 0. The number of furan rings is 1. The average molecular weight is 483 g/mol. The third-order valence-electron chi connectivity index (χ3n) is 4.99. The smallest absolute Gasteiger partial charge is 0.191 e. The van der Waals surface area contributed by atoms with E-state index in [1.54, 1.807) is 13.0 Å². The molecule has 1 fully saturated rings. The van der Waals surface area contributed by atoms with Crippen LogP contribution in [-0.4, -0.2) is 30.7 Å². The highest BCUT2D eigenvalue weighted by Gasteiger charge is 2.44. The van der Waals surface area contributed by atoms with Crippen molar-refractivity contribution in [1.82, 2.24) is 10.6 Å². The Morgan fingerprint density at radius 3 is 2.44 bits per heavy atom. The highest BCUT2D eigenvalue weighted by molar-refractivity contribution is 14.0. The highest BCUT2D eigenvalue weighted by atomic mass is 127. The number of aliphatic imine (C=N–C) groups is 1. The summed E-state index contributed by atoms with van der Waals surface area (Å²) in [5.74, 6) is 2.05. The van der Waals surface area contributed by atoms with E-state index >= 15 is 0 Å². The number of guanidine groups is 1. The maximum absolute atomic E-state index is 10.7. The van der Waals surface area contributed by atoms with E-state index in [9.17, 15) is 5.11 Å². The number of nitrogens with one attached hydrogen (secondary N) is 2. The molecule has 0 spiro atoms. The number of rotatable bonds is 7. The first-order chi connectivity index (χ1) is 12.5. The molecule has 1 unspecified atom stereocenters. The normalized spacial score (nSPS) is 17.6. The number of nitrogens with zero attached hydrogens (tertiary/aromatic N) is 1. The Balaban J connectivity index is 0.00000261. The lowest BCUT2D eigenvalue weighted by atomic mass is 9.96. The second-order valence-electron chi connectivity index (χ2n) is 7.38. The summed E-state index contributed by atoms with van der Waals surface area (Å²) in [7, 11) is 0. The number of hydrogen-bond acceptors (Lipinski definition) is 3. The fourth-order valence-corrected chi connectivity index (χ4v) is 3.14. The highest BCUT2D eigenvalue weighted by Crippen LogP contribution is 2.47. The first-order valence-corrected chi connectivity index (χ1v) is 9.32. The molecule has 1 aromatic heterocycles. The first kappa shape index (κ1) is 21.8. The van der Waals surface area contributed by atoms with Crippen LogP contribution in [0.4, 0.5) is 0 Å². The van der Waals surface area contributed by atoms with Gasteiger partial charge < -0.3 is 20.2 Å². The molecule has 2 aromatic rings. The van der Waals surface area contributed by atoms with E-state index in [0.29, 0.717) is 5.76 Å². The summed E-state index contributed by atoms with van der Waals surface area (Å²) in [6.07, 6.45) is 2.37. The Labute approximate surface area is 178 Å². The van der Waals surface area contributed by atoms with Crippen molar-refractivity contribution in [3.05, 3.63) is 59.5 Å². The number of aryl methyl sites for hydroxylation is 1. The van der Waals surface area contributed by atoms with Crippen LogP contribution in [-0.2, 0) is 11.0 Å². The quantitative estimate of drug-likeness (QED) is 0.319. The predicted octanol–water partition coefficient (Wildman–Crippen LogP) is 3.70. The molecular formula is C21H30IN3O2. The Morgan fingerprint density at radius 2 is 1.89 bits per heavy atom. The second kappa shape index (κ2) is 9.10. The van der Waals surface area contributed by atoms with Crippen LogP contribution in [0.1, 0.15) is 43.8 Å². The fourth-order valence-electron chi connectivity index (χ4n) is 3.14. The average Bonchev–Trinajstić information content (AvgIpc) is 3.30. The topological polar surface area (TPSA) is 69.8 Å². The van der Waals surface area contributed by atoms with Gasteiger partial charge in [0.2, 0.25) is 0 Å². The number of benzene rings is 1. The van der Waals surface area contributed by atoms with E-state index in [0.717, 1.165) is 24.8 Å². The SMILES string of the molecule is CCNC(=NCC(C)(O)c1ccc(C)o1)NCC1(c2ccccc2)CC1.I. The fraction of sp³-hybridized carbons (Fsp3) is 0.476. The Morgan fingerprint density at radius 1 is 1.19 bits per heavy atom. The van der Waals surface area contributed by atoms with Crippen molar-refractivity contribution in [2.75, 3.05) is 19.6 Å². The first-order valence-electron chi connectivity index (χ1n) is 9.32. The molecular weight excluding hydrogens is 453 g/mol. The minimum atomic E-state index is -1.13. The molecule has 3 N–H and O–H groups in total. The van der Waals surface area contributed by atoms with Gasteiger partial charge in [-0.3, -0.25) is 0 Å². The lowest BCUT2D eigenvalue weighted by molar-refractivity contribution is 0.0428. The standard InChI is InChI=1S/C21H29N3O2.HI/c1-4-22-19(23-14-20(3,25)18-11-10-16(2)26-18)24-15-21(12-13-21)17-8-6-5-7-9-17;/h5-11,25H,4,12-15H2,1-3H3,(H2,22,23,24);1H. The van der Waals surface area contributed by atoms with Gasteiger partial charge in [-0.05, 0) is 51.3 Å². The van der Waals surface area contributed by atoms with Crippen molar-refractivity contribution in [2.45, 2.75) is 44.6 Å². The van der Waals surface area contributed by atoms with Crippen LogP contribution in [0.5, 0.6) is 0 Å². The minimum absolute atomic E-state index is 0. The third-order valence-corrected chi connectivity index (χ3v) is 4.99. The molecule has 148 valence electrons. The summed E-state index contributed by atoms with van der Waals surface area (Å²) in [5, 5.41) is 17.4. The Kier molecular flexibility index (Phi) is 7.33. The summed E-state index contributed by atoms with van der Waals surface area (Å²) < 4.78 is 5.56. The van der Waals surface area contributed by atoms with Gasteiger partial charge in [-0.15, -0.1) is 24.0 Å². The van der Waals surface area contributed by atoms with E-state index in [1.807, 2.05) is 19.9 Å². The lowest BCUT2D eigenvalue weighted by Gasteiger charge is -2.21. The molecule has 1 heterocycles. The molecule has 0 saturated heterocycles. The second-order valence-corrected chi connectivity index (χ2v) is 7.38. The molecule has 0 aliphatic heterocycles. The molecule has 3 rings (SSSR count). The summed E-state index contributed by atoms with van der Waals surface area (Å²) in [6.45, 7) is 7.47. The molecule has 1 aromatic carbocycles. The van der Waals surface area contributed by atoms with Crippen LogP contribution in [0, 0.1) is 6.92 Å². The molecule has 5 nitrogen and oxygen atoms in total. The van der Waals surface area contributed by atoms with E-state index in [1.165, 1.54) is 18.4 Å². The van der Waals surface area contributed by atoms with Gasteiger partial charge in [0.15, 0.2) is 5.96 Å². The van der Waals surface area contributed by atoms with Crippen LogP contribution in [0.15, 0.2) is 51.9 Å². The molecule has 0 bridgehead atoms. The van der Waals surface area contributed by atoms with Gasteiger partial charge in [0, 0.05) is 18.5 Å². The zero-order valence-corrected chi connectivity index (χ0v) is 18.6. The summed E-state index contributed by atoms with van der Waals surface area (Å²) in [6, 6.07) is 14.3. The van der Waals surface area contributed by atoms with E-state index < -0.39 is 5.60 Å². The molecule has 1 saturated carbocycles. The van der Waals surface area contributed by atoms with Crippen molar-refractivity contribution >= 4 is 29.9 Å². The third kappa shape index (κ3) is 5.48. The minimum Gasteiger partial charge on any atom is -0.463 e. The lowest BCUT2D eigenvalue weighted by Crippen LogP contribution is -2.42. The van der Waals surface area contributed by atoms with Crippen LogP contribution < -0.4 is 10.6 Å². The van der Waals surface area contributed by atoms with E-state index in [4.69, 9.17) is 4.42 Å². The van der Waals surface area contributed by atoms with Crippen LogP contribution in [0.25, 0.3) is 0 Å².